The van der Waals surface area contributed by atoms with Crippen molar-refractivity contribution in [3.8, 4) is 0 Å². The summed E-state index contributed by atoms with van der Waals surface area (Å²) < 4.78 is 0. The van der Waals surface area contributed by atoms with E-state index < -0.39 is 6.04 Å². The summed E-state index contributed by atoms with van der Waals surface area (Å²) in [6, 6.07) is 8.91. The number of amides is 1. The van der Waals surface area contributed by atoms with Crippen LogP contribution < -0.4 is 11.1 Å². The van der Waals surface area contributed by atoms with E-state index in [1.807, 2.05) is 30.3 Å². The van der Waals surface area contributed by atoms with Crippen LogP contribution in [0.15, 0.2) is 30.3 Å². The molecular formula is C11H14N2O2. The lowest BCUT2D eigenvalue weighted by atomic mass is 10.1. The van der Waals surface area contributed by atoms with Crippen LogP contribution in [0.1, 0.15) is 5.56 Å². The number of benzene rings is 1. The summed E-state index contributed by atoms with van der Waals surface area (Å²) in [5, 5.41) is 2.42. The van der Waals surface area contributed by atoms with Crippen LogP contribution in [0.4, 0.5) is 0 Å². The molecule has 0 aromatic heterocycles. The Morgan fingerprint density at radius 1 is 1.40 bits per heavy atom. The molecule has 1 aromatic rings. The van der Waals surface area contributed by atoms with Gasteiger partial charge in [0.15, 0.2) is 0 Å². The van der Waals surface area contributed by atoms with Gasteiger partial charge in [-0.1, -0.05) is 30.3 Å². The fourth-order valence-corrected chi connectivity index (χ4v) is 1.23. The van der Waals surface area contributed by atoms with E-state index >= 15 is 0 Å². The Bertz CT molecular complexity index is 325. The fraction of sp³-hybridized carbons (Fsp3) is 0.273. The molecule has 0 bridgehead atoms. The molecule has 0 spiro atoms. The summed E-state index contributed by atoms with van der Waals surface area (Å²) in [7, 11) is 0. The molecule has 0 aliphatic heterocycles. The molecule has 15 heavy (non-hydrogen) atoms. The molecule has 1 atom stereocenters. The summed E-state index contributed by atoms with van der Waals surface area (Å²) >= 11 is 0. The van der Waals surface area contributed by atoms with E-state index in [0.717, 1.165) is 5.56 Å². The standard InChI is InChI=1S/C11H14N2O2/c12-10(11(15)13-6-7-14)8-9-4-2-1-3-5-9/h1-5,7,10H,6,8,12H2,(H,13,15). The third kappa shape index (κ3) is 3.91. The van der Waals surface area contributed by atoms with Crippen molar-refractivity contribution < 1.29 is 9.59 Å². The molecule has 4 heteroatoms. The first-order chi connectivity index (χ1) is 7.24. The summed E-state index contributed by atoms with van der Waals surface area (Å²) in [6.45, 7) is 0.0152. The van der Waals surface area contributed by atoms with E-state index in [-0.39, 0.29) is 12.5 Å². The van der Waals surface area contributed by atoms with Crippen molar-refractivity contribution in [2.75, 3.05) is 6.54 Å². The van der Waals surface area contributed by atoms with E-state index in [0.29, 0.717) is 12.7 Å². The third-order valence-electron chi connectivity index (χ3n) is 1.99. The molecule has 0 saturated carbocycles. The van der Waals surface area contributed by atoms with Crippen molar-refractivity contribution >= 4 is 12.2 Å². The number of nitrogens with one attached hydrogen (secondary N) is 1. The maximum atomic E-state index is 11.3. The van der Waals surface area contributed by atoms with Gasteiger partial charge >= 0.3 is 0 Å². The lowest BCUT2D eigenvalue weighted by Gasteiger charge is -2.10. The molecule has 1 rings (SSSR count). The van der Waals surface area contributed by atoms with Gasteiger partial charge in [-0.2, -0.15) is 0 Å². The Morgan fingerprint density at radius 3 is 2.67 bits per heavy atom. The van der Waals surface area contributed by atoms with E-state index in [1.54, 1.807) is 0 Å². The van der Waals surface area contributed by atoms with Crippen LogP contribution >= 0.6 is 0 Å². The Morgan fingerprint density at radius 2 is 2.07 bits per heavy atom. The number of nitrogens with two attached hydrogens (primary N) is 1. The molecular weight excluding hydrogens is 192 g/mol. The third-order valence-corrected chi connectivity index (χ3v) is 1.99. The summed E-state index contributed by atoms with van der Waals surface area (Å²) in [6.07, 6.45) is 1.11. The molecule has 1 aromatic carbocycles. The van der Waals surface area contributed by atoms with Crippen molar-refractivity contribution in [2.24, 2.45) is 5.73 Å². The first-order valence-electron chi connectivity index (χ1n) is 4.75. The maximum Gasteiger partial charge on any atom is 0.237 e. The zero-order chi connectivity index (χ0) is 11.1. The number of hydrogen-bond donors (Lipinski definition) is 2. The topological polar surface area (TPSA) is 72.2 Å². The predicted molar refractivity (Wildman–Crippen MR) is 57.2 cm³/mol. The Kier molecular flexibility index (Phi) is 4.50. The van der Waals surface area contributed by atoms with Crippen molar-refractivity contribution in [3.05, 3.63) is 35.9 Å². The van der Waals surface area contributed by atoms with Crippen LogP contribution in [-0.2, 0) is 16.0 Å². The van der Waals surface area contributed by atoms with Gasteiger partial charge in [0.1, 0.15) is 6.29 Å². The summed E-state index contributed by atoms with van der Waals surface area (Å²) in [5.74, 6) is -0.300. The van der Waals surface area contributed by atoms with Crippen LogP contribution in [0.3, 0.4) is 0 Å². The highest BCUT2D eigenvalue weighted by Gasteiger charge is 2.12. The lowest BCUT2D eigenvalue weighted by Crippen LogP contribution is -2.42. The van der Waals surface area contributed by atoms with Gasteiger partial charge in [-0.15, -0.1) is 0 Å². The van der Waals surface area contributed by atoms with Crippen molar-refractivity contribution in [2.45, 2.75) is 12.5 Å². The Labute approximate surface area is 88.5 Å². The van der Waals surface area contributed by atoms with Gasteiger partial charge in [-0.3, -0.25) is 4.79 Å². The summed E-state index contributed by atoms with van der Waals surface area (Å²) in [4.78, 5) is 21.3. The molecule has 80 valence electrons. The molecule has 0 fully saturated rings. The number of rotatable bonds is 5. The monoisotopic (exact) mass is 206 g/mol. The number of aldehydes is 1. The van der Waals surface area contributed by atoms with Crippen molar-refractivity contribution in [1.29, 1.82) is 0 Å². The van der Waals surface area contributed by atoms with Crippen LogP contribution in [-0.4, -0.2) is 24.8 Å². The number of carbonyl (C=O) groups is 2. The van der Waals surface area contributed by atoms with Crippen molar-refractivity contribution in [3.63, 3.8) is 0 Å². The molecule has 4 nitrogen and oxygen atoms in total. The van der Waals surface area contributed by atoms with E-state index in [4.69, 9.17) is 5.73 Å². The van der Waals surface area contributed by atoms with Gasteiger partial charge in [0.25, 0.3) is 0 Å². The number of carbonyl (C=O) groups excluding carboxylic acids is 2. The first kappa shape index (κ1) is 11.4. The Balaban J connectivity index is 2.45. The average molecular weight is 206 g/mol. The highest BCUT2D eigenvalue weighted by Crippen LogP contribution is 2.01. The minimum Gasteiger partial charge on any atom is -0.348 e. The molecule has 0 aliphatic rings. The highest BCUT2D eigenvalue weighted by atomic mass is 16.2. The number of hydrogen-bond acceptors (Lipinski definition) is 3. The van der Waals surface area contributed by atoms with Crippen LogP contribution in [0.25, 0.3) is 0 Å². The highest BCUT2D eigenvalue weighted by molar-refractivity contribution is 5.83. The smallest absolute Gasteiger partial charge is 0.237 e. The second-order valence-electron chi connectivity index (χ2n) is 3.21. The largest absolute Gasteiger partial charge is 0.348 e. The van der Waals surface area contributed by atoms with Gasteiger partial charge in [0.05, 0.1) is 12.6 Å². The molecule has 0 aliphatic carbocycles. The van der Waals surface area contributed by atoms with Crippen LogP contribution in [0, 0.1) is 0 Å². The van der Waals surface area contributed by atoms with E-state index in [9.17, 15) is 9.59 Å². The Hall–Kier alpha value is -1.68. The van der Waals surface area contributed by atoms with Crippen LogP contribution in [0.5, 0.6) is 0 Å². The normalized spacial score (nSPS) is 11.8. The van der Waals surface area contributed by atoms with Gasteiger partial charge in [-0.25, -0.2) is 0 Å². The second kappa shape index (κ2) is 5.93. The molecule has 3 N–H and O–H groups in total. The fourth-order valence-electron chi connectivity index (χ4n) is 1.23. The average Bonchev–Trinajstić information content (AvgIpc) is 2.27. The lowest BCUT2D eigenvalue weighted by molar-refractivity contribution is -0.123. The molecule has 0 heterocycles. The van der Waals surface area contributed by atoms with Crippen LogP contribution in [0.2, 0.25) is 0 Å². The van der Waals surface area contributed by atoms with Gasteiger partial charge < -0.3 is 15.8 Å². The minimum absolute atomic E-state index is 0.0152. The zero-order valence-corrected chi connectivity index (χ0v) is 8.35. The van der Waals surface area contributed by atoms with Gasteiger partial charge in [-0.05, 0) is 12.0 Å². The maximum absolute atomic E-state index is 11.3. The molecule has 1 amide bonds. The zero-order valence-electron chi connectivity index (χ0n) is 8.35. The second-order valence-corrected chi connectivity index (χ2v) is 3.21. The van der Waals surface area contributed by atoms with E-state index in [2.05, 4.69) is 5.32 Å². The molecule has 1 unspecified atom stereocenters. The predicted octanol–water partition coefficient (Wildman–Crippen LogP) is -0.129. The SMILES string of the molecule is NC(Cc1ccccc1)C(=O)NCC=O. The molecule has 0 radical (unpaired) electrons. The summed E-state index contributed by atoms with van der Waals surface area (Å²) in [5.41, 5.74) is 6.67. The minimum atomic E-state index is -0.604. The van der Waals surface area contributed by atoms with E-state index in [1.165, 1.54) is 0 Å². The molecule has 0 saturated heterocycles. The van der Waals surface area contributed by atoms with Gasteiger partial charge in [0.2, 0.25) is 5.91 Å². The first-order valence-corrected chi connectivity index (χ1v) is 4.75. The van der Waals surface area contributed by atoms with Gasteiger partial charge in [0, 0.05) is 0 Å². The van der Waals surface area contributed by atoms with Crippen molar-refractivity contribution in [1.82, 2.24) is 5.32 Å². The quantitative estimate of drug-likeness (QED) is 0.659.